The molecule has 5 heteroatoms. The van der Waals surface area contributed by atoms with Gasteiger partial charge in [-0.25, -0.2) is 4.39 Å². The third-order valence-electron chi connectivity index (χ3n) is 3.37. The molecule has 1 aromatic rings. The van der Waals surface area contributed by atoms with Crippen LogP contribution >= 0.6 is 11.8 Å². The summed E-state index contributed by atoms with van der Waals surface area (Å²) in [5, 5.41) is 0.367. The van der Waals surface area contributed by atoms with Crippen LogP contribution in [0.4, 0.5) is 10.1 Å². The Morgan fingerprint density at radius 2 is 2.22 bits per heavy atom. The second-order valence-electron chi connectivity index (χ2n) is 4.55. The highest BCUT2D eigenvalue weighted by Gasteiger charge is 2.30. The molecule has 18 heavy (non-hydrogen) atoms. The molecule has 98 valence electrons. The Morgan fingerprint density at radius 3 is 2.94 bits per heavy atom. The van der Waals surface area contributed by atoms with Gasteiger partial charge < -0.3 is 10.6 Å². The molecule has 1 aliphatic heterocycles. The first kappa shape index (κ1) is 13.2. The van der Waals surface area contributed by atoms with Crippen LogP contribution in [0.2, 0.25) is 0 Å². The lowest BCUT2D eigenvalue weighted by Gasteiger charge is -2.37. The highest BCUT2D eigenvalue weighted by molar-refractivity contribution is 8.00. The Kier molecular flexibility index (Phi) is 3.80. The van der Waals surface area contributed by atoms with Gasteiger partial charge in [0.25, 0.3) is 5.91 Å². The van der Waals surface area contributed by atoms with E-state index in [2.05, 4.69) is 6.92 Å². The number of hydrogen-bond donors (Lipinski definition) is 1. The summed E-state index contributed by atoms with van der Waals surface area (Å²) in [6.07, 6.45) is 0. The molecule has 0 saturated carbocycles. The molecular weight excluding hydrogens is 251 g/mol. The van der Waals surface area contributed by atoms with Gasteiger partial charge in [0.1, 0.15) is 5.82 Å². The van der Waals surface area contributed by atoms with E-state index >= 15 is 0 Å². The predicted molar refractivity (Wildman–Crippen MR) is 73.2 cm³/mol. The van der Waals surface area contributed by atoms with Gasteiger partial charge in [-0.3, -0.25) is 4.79 Å². The van der Waals surface area contributed by atoms with E-state index in [0.29, 0.717) is 17.5 Å². The van der Waals surface area contributed by atoms with Crippen molar-refractivity contribution in [3.8, 4) is 0 Å². The fourth-order valence-electron chi connectivity index (χ4n) is 2.08. The lowest BCUT2D eigenvalue weighted by molar-refractivity contribution is 0.0693. The number of hydrogen-bond acceptors (Lipinski definition) is 3. The van der Waals surface area contributed by atoms with Crippen molar-refractivity contribution in [2.75, 3.05) is 18.0 Å². The van der Waals surface area contributed by atoms with Crippen LogP contribution in [0.3, 0.4) is 0 Å². The van der Waals surface area contributed by atoms with Crippen molar-refractivity contribution in [3.05, 3.63) is 29.6 Å². The number of nitrogens with zero attached hydrogens (tertiary/aromatic N) is 1. The number of benzene rings is 1. The number of nitrogen functional groups attached to an aromatic ring is 1. The standard InChI is InChI=1S/C13H17FN2OS/c1-8-9(2)18-6-5-16(8)13(17)11-7-10(15)3-4-12(11)14/h3-4,7-9H,5-6,15H2,1-2H3. The number of nitrogens with two attached hydrogens (primary N) is 1. The molecule has 2 rings (SSSR count). The van der Waals surface area contributed by atoms with Gasteiger partial charge in [0, 0.05) is 29.3 Å². The number of halogens is 1. The fraction of sp³-hybridized carbons (Fsp3) is 0.462. The van der Waals surface area contributed by atoms with Gasteiger partial charge in [-0.1, -0.05) is 6.92 Å². The summed E-state index contributed by atoms with van der Waals surface area (Å²) in [4.78, 5) is 14.1. The molecule has 3 nitrogen and oxygen atoms in total. The van der Waals surface area contributed by atoms with E-state index in [1.165, 1.54) is 18.2 Å². The number of anilines is 1. The molecule has 1 aliphatic rings. The smallest absolute Gasteiger partial charge is 0.257 e. The average Bonchev–Trinajstić information content (AvgIpc) is 2.35. The van der Waals surface area contributed by atoms with Crippen LogP contribution in [-0.4, -0.2) is 34.4 Å². The maximum atomic E-state index is 13.7. The molecule has 2 N–H and O–H groups in total. The van der Waals surface area contributed by atoms with Crippen LogP contribution in [0.1, 0.15) is 24.2 Å². The first-order chi connectivity index (χ1) is 8.50. The average molecular weight is 268 g/mol. The molecule has 0 aliphatic carbocycles. The molecule has 1 aromatic carbocycles. The number of amides is 1. The van der Waals surface area contributed by atoms with Crippen LogP contribution in [0, 0.1) is 5.82 Å². The van der Waals surface area contributed by atoms with Gasteiger partial charge in [0.2, 0.25) is 0 Å². The highest BCUT2D eigenvalue weighted by Crippen LogP contribution is 2.26. The van der Waals surface area contributed by atoms with Crippen molar-refractivity contribution >= 4 is 23.4 Å². The maximum absolute atomic E-state index is 13.7. The van der Waals surface area contributed by atoms with E-state index in [1.807, 2.05) is 18.7 Å². The van der Waals surface area contributed by atoms with Gasteiger partial charge in [0.15, 0.2) is 0 Å². The van der Waals surface area contributed by atoms with Gasteiger partial charge >= 0.3 is 0 Å². The minimum Gasteiger partial charge on any atom is -0.399 e. The van der Waals surface area contributed by atoms with Crippen molar-refractivity contribution in [2.24, 2.45) is 0 Å². The summed E-state index contributed by atoms with van der Waals surface area (Å²) in [6.45, 7) is 4.74. The van der Waals surface area contributed by atoms with Gasteiger partial charge in [-0.15, -0.1) is 0 Å². The summed E-state index contributed by atoms with van der Waals surface area (Å²) >= 11 is 1.84. The lowest BCUT2D eigenvalue weighted by atomic mass is 10.1. The van der Waals surface area contributed by atoms with Crippen LogP contribution in [-0.2, 0) is 0 Å². The molecule has 0 bridgehead atoms. The van der Waals surface area contributed by atoms with Crippen LogP contribution in [0.25, 0.3) is 0 Å². The number of carbonyl (C=O) groups excluding carboxylic acids is 1. The van der Waals surface area contributed by atoms with E-state index in [9.17, 15) is 9.18 Å². The molecule has 2 unspecified atom stereocenters. The fourth-order valence-corrected chi connectivity index (χ4v) is 3.18. The second-order valence-corrected chi connectivity index (χ2v) is 6.04. The van der Waals surface area contributed by atoms with E-state index in [4.69, 9.17) is 5.73 Å². The van der Waals surface area contributed by atoms with Crippen molar-refractivity contribution < 1.29 is 9.18 Å². The van der Waals surface area contributed by atoms with Crippen molar-refractivity contribution in [3.63, 3.8) is 0 Å². The van der Waals surface area contributed by atoms with Gasteiger partial charge in [-0.05, 0) is 25.1 Å². The Hall–Kier alpha value is -1.23. The molecule has 0 spiro atoms. The molecular formula is C13H17FN2OS. The highest BCUT2D eigenvalue weighted by atomic mass is 32.2. The van der Waals surface area contributed by atoms with Crippen molar-refractivity contribution in [2.45, 2.75) is 25.1 Å². The minimum absolute atomic E-state index is 0.0703. The SMILES string of the molecule is CC1SCCN(C(=O)c2cc(N)ccc2F)C1C. The topological polar surface area (TPSA) is 46.3 Å². The number of rotatable bonds is 1. The normalized spacial score (nSPS) is 24.1. The van der Waals surface area contributed by atoms with Gasteiger partial charge in [0.05, 0.1) is 5.56 Å². The third kappa shape index (κ3) is 2.46. The number of carbonyl (C=O) groups is 1. The quantitative estimate of drug-likeness (QED) is 0.795. The largest absolute Gasteiger partial charge is 0.399 e. The molecule has 1 amide bonds. The Balaban J connectivity index is 2.27. The van der Waals surface area contributed by atoms with Crippen LogP contribution < -0.4 is 5.73 Å². The summed E-state index contributed by atoms with van der Waals surface area (Å²) in [5.41, 5.74) is 6.09. The van der Waals surface area contributed by atoms with E-state index in [1.54, 1.807) is 4.90 Å². The Morgan fingerprint density at radius 1 is 1.50 bits per heavy atom. The second kappa shape index (κ2) is 5.18. The lowest BCUT2D eigenvalue weighted by Crippen LogP contribution is -2.48. The summed E-state index contributed by atoms with van der Waals surface area (Å²) in [7, 11) is 0. The van der Waals surface area contributed by atoms with Crippen molar-refractivity contribution in [1.82, 2.24) is 4.90 Å². The Bertz CT molecular complexity index is 466. The van der Waals surface area contributed by atoms with E-state index in [-0.39, 0.29) is 17.5 Å². The first-order valence-electron chi connectivity index (χ1n) is 5.98. The maximum Gasteiger partial charge on any atom is 0.257 e. The first-order valence-corrected chi connectivity index (χ1v) is 7.03. The molecule has 1 saturated heterocycles. The minimum atomic E-state index is -0.507. The Labute approximate surface area is 111 Å². The zero-order valence-corrected chi connectivity index (χ0v) is 11.3. The monoisotopic (exact) mass is 268 g/mol. The number of thioether (sulfide) groups is 1. The van der Waals surface area contributed by atoms with E-state index in [0.717, 1.165) is 5.75 Å². The van der Waals surface area contributed by atoms with E-state index < -0.39 is 5.82 Å². The third-order valence-corrected chi connectivity index (χ3v) is 4.70. The molecule has 0 aromatic heterocycles. The molecule has 2 atom stereocenters. The van der Waals surface area contributed by atoms with Gasteiger partial charge in [-0.2, -0.15) is 11.8 Å². The molecule has 1 fully saturated rings. The zero-order valence-electron chi connectivity index (χ0n) is 10.5. The summed E-state index contributed by atoms with van der Waals surface area (Å²) in [6, 6.07) is 4.23. The van der Waals surface area contributed by atoms with Crippen LogP contribution in [0.15, 0.2) is 18.2 Å². The molecule has 0 radical (unpaired) electrons. The summed E-state index contributed by atoms with van der Waals surface area (Å²) < 4.78 is 13.7. The molecule has 1 heterocycles. The summed E-state index contributed by atoms with van der Waals surface area (Å²) in [5.74, 6) is 0.119. The predicted octanol–water partition coefficient (Wildman–Crippen LogP) is 2.37. The van der Waals surface area contributed by atoms with Crippen LogP contribution in [0.5, 0.6) is 0 Å². The zero-order chi connectivity index (χ0) is 13.3. The van der Waals surface area contributed by atoms with Crippen molar-refractivity contribution in [1.29, 1.82) is 0 Å².